The molecule has 2 aliphatic rings. The highest BCUT2D eigenvalue weighted by atomic mass is 32.2. The van der Waals surface area contributed by atoms with E-state index >= 15 is 0 Å². The highest BCUT2D eigenvalue weighted by Crippen LogP contribution is 2.41. The van der Waals surface area contributed by atoms with E-state index < -0.39 is 15.2 Å². The summed E-state index contributed by atoms with van der Waals surface area (Å²) in [4.78, 5) is 1.22. The summed E-state index contributed by atoms with van der Waals surface area (Å²) >= 11 is 1.56. The van der Waals surface area contributed by atoms with E-state index in [1.54, 1.807) is 36.1 Å². The number of nitrogens with one attached hydrogen (secondary N) is 1. The third-order valence-corrected chi connectivity index (χ3v) is 6.23. The van der Waals surface area contributed by atoms with E-state index in [0.717, 1.165) is 10.6 Å². The fraction of sp³-hybridized carbons (Fsp3) is 0.200. The van der Waals surface area contributed by atoms with Gasteiger partial charge in [-0.25, -0.2) is 8.42 Å². The molecular weight excluding hydrogens is 306 g/mol. The first-order chi connectivity index (χ1) is 10.0. The van der Waals surface area contributed by atoms with Crippen molar-refractivity contribution >= 4 is 21.6 Å². The van der Waals surface area contributed by atoms with Crippen molar-refractivity contribution in [2.75, 3.05) is 5.94 Å². The number of sulfone groups is 1. The minimum atomic E-state index is -3.47. The molecule has 1 atom stereocenters. The lowest BCUT2D eigenvalue weighted by Gasteiger charge is -2.11. The maximum atomic E-state index is 12.6. The zero-order valence-corrected chi connectivity index (χ0v) is 13.1. The van der Waals surface area contributed by atoms with Crippen LogP contribution in [0.2, 0.25) is 0 Å². The normalized spacial score (nSPS) is 25.1. The molecule has 0 amide bonds. The lowest BCUT2D eigenvalue weighted by molar-refractivity contribution is 0.397. The van der Waals surface area contributed by atoms with Gasteiger partial charge < -0.3 is 10.1 Å². The molecule has 2 heterocycles. The first kappa shape index (κ1) is 14.3. The molecule has 0 saturated carbocycles. The van der Waals surface area contributed by atoms with Crippen molar-refractivity contribution in [3.63, 3.8) is 0 Å². The second kappa shape index (κ2) is 5.27. The molecule has 1 unspecified atom stereocenters. The summed E-state index contributed by atoms with van der Waals surface area (Å²) in [6.45, 7) is 5.65. The van der Waals surface area contributed by atoms with Crippen LogP contribution in [-0.2, 0) is 9.84 Å². The molecule has 0 aromatic heterocycles. The zero-order chi connectivity index (χ0) is 15.0. The van der Waals surface area contributed by atoms with E-state index in [1.807, 2.05) is 19.1 Å². The van der Waals surface area contributed by atoms with Gasteiger partial charge in [0.1, 0.15) is 11.7 Å². The average molecular weight is 321 g/mol. The highest BCUT2D eigenvalue weighted by Gasteiger charge is 2.39. The molecule has 21 heavy (non-hydrogen) atoms. The maximum Gasteiger partial charge on any atom is 0.205 e. The Kier molecular flexibility index (Phi) is 3.59. The van der Waals surface area contributed by atoms with E-state index in [9.17, 15) is 8.42 Å². The van der Waals surface area contributed by atoms with Crippen LogP contribution in [0.5, 0.6) is 5.75 Å². The molecular formula is C15H15NO3S2. The van der Waals surface area contributed by atoms with Crippen LogP contribution in [0.1, 0.15) is 17.9 Å². The van der Waals surface area contributed by atoms with Crippen LogP contribution in [0, 0.1) is 0 Å². The lowest BCUT2D eigenvalue weighted by atomic mass is 10.2. The van der Waals surface area contributed by atoms with Crippen LogP contribution < -0.4 is 10.1 Å². The quantitative estimate of drug-likeness (QED) is 0.907. The van der Waals surface area contributed by atoms with Crippen LogP contribution in [-0.4, -0.2) is 14.4 Å². The summed E-state index contributed by atoms with van der Waals surface area (Å²) in [5.41, 5.74) is 1.14. The molecule has 1 saturated heterocycles. The fourth-order valence-corrected chi connectivity index (χ4v) is 4.85. The summed E-state index contributed by atoms with van der Waals surface area (Å²) in [6, 6.07) is 5.47. The Morgan fingerprint density at radius 1 is 1.48 bits per heavy atom. The van der Waals surface area contributed by atoms with Crippen LogP contribution in [0.4, 0.5) is 0 Å². The van der Waals surface area contributed by atoms with Crippen molar-refractivity contribution < 1.29 is 13.2 Å². The minimum Gasteiger partial charge on any atom is -0.481 e. The molecule has 2 aliphatic heterocycles. The number of allylic oxidation sites excluding steroid dienone is 3. The van der Waals surface area contributed by atoms with Crippen LogP contribution in [0.3, 0.4) is 0 Å². The Morgan fingerprint density at radius 3 is 3.05 bits per heavy atom. The molecule has 1 aromatic carbocycles. The van der Waals surface area contributed by atoms with Crippen molar-refractivity contribution in [2.45, 2.75) is 17.2 Å². The Hall–Kier alpha value is -1.66. The number of rotatable bonds is 2. The van der Waals surface area contributed by atoms with Crippen LogP contribution in [0.25, 0.3) is 0 Å². The predicted octanol–water partition coefficient (Wildman–Crippen LogP) is 3.12. The molecule has 0 aliphatic carbocycles. The lowest BCUT2D eigenvalue weighted by Crippen LogP contribution is -2.17. The predicted molar refractivity (Wildman–Crippen MR) is 84.6 cm³/mol. The van der Waals surface area contributed by atoms with E-state index in [2.05, 4.69) is 11.9 Å². The second-order valence-corrected chi connectivity index (χ2v) is 7.68. The van der Waals surface area contributed by atoms with E-state index in [0.29, 0.717) is 17.2 Å². The third-order valence-electron chi connectivity index (χ3n) is 3.36. The fourth-order valence-electron chi connectivity index (χ4n) is 2.32. The second-order valence-electron chi connectivity index (χ2n) is 4.72. The van der Waals surface area contributed by atoms with Crippen molar-refractivity contribution in [1.29, 1.82) is 0 Å². The smallest absolute Gasteiger partial charge is 0.205 e. The van der Waals surface area contributed by atoms with Gasteiger partial charge in [-0.1, -0.05) is 36.6 Å². The largest absolute Gasteiger partial charge is 0.481 e. The summed E-state index contributed by atoms with van der Waals surface area (Å²) < 4.78 is 30.7. The molecule has 0 spiro atoms. The maximum absolute atomic E-state index is 12.6. The van der Waals surface area contributed by atoms with Crippen molar-refractivity contribution in [3.8, 4) is 5.75 Å². The van der Waals surface area contributed by atoms with E-state index in [1.165, 1.54) is 0 Å². The summed E-state index contributed by atoms with van der Waals surface area (Å²) in [5.74, 6) is 1.38. The third kappa shape index (κ3) is 2.38. The Balaban J connectivity index is 2.02. The summed E-state index contributed by atoms with van der Waals surface area (Å²) in [7, 11) is -3.47. The molecule has 110 valence electrons. The molecule has 0 radical (unpaired) electrons. The van der Waals surface area contributed by atoms with E-state index in [-0.39, 0.29) is 4.91 Å². The average Bonchev–Trinajstić information content (AvgIpc) is 2.99. The van der Waals surface area contributed by atoms with Crippen molar-refractivity contribution in [1.82, 2.24) is 5.32 Å². The molecule has 3 rings (SSSR count). The van der Waals surface area contributed by atoms with Gasteiger partial charge in [-0.3, -0.25) is 0 Å². The molecule has 1 fully saturated rings. The van der Waals surface area contributed by atoms with Crippen molar-refractivity contribution in [2.24, 2.45) is 0 Å². The van der Waals surface area contributed by atoms with Gasteiger partial charge in [-0.2, -0.15) is 0 Å². The Bertz CT molecular complexity index is 763. The molecule has 4 nitrogen and oxygen atoms in total. The Labute approximate surface area is 128 Å². The minimum absolute atomic E-state index is 0.245. The molecule has 0 bridgehead atoms. The number of hydrogen-bond donors (Lipinski definition) is 1. The van der Waals surface area contributed by atoms with Gasteiger partial charge >= 0.3 is 0 Å². The topological polar surface area (TPSA) is 55.4 Å². The molecule has 1 aromatic rings. The first-order valence-electron chi connectivity index (χ1n) is 6.46. The van der Waals surface area contributed by atoms with Gasteiger partial charge in [0.25, 0.3) is 0 Å². The number of ether oxygens (including phenoxy) is 1. The van der Waals surface area contributed by atoms with Gasteiger partial charge in [0, 0.05) is 5.70 Å². The highest BCUT2D eigenvalue weighted by molar-refractivity contribution is 7.99. The summed E-state index contributed by atoms with van der Waals surface area (Å²) in [6.07, 6.45) is 5.07. The first-order valence-corrected chi connectivity index (χ1v) is 8.99. The van der Waals surface area contributed by atoms with Crippen LogP contribution in [0.15, 0.2) is 58.5 Å². The molecule has 1 N–H and O–H groups in total. The van der Waals surface area contributed by atoms with Crippen LogP contribution >= 0.6 is 11.8 Å². The number of benzene rings is 1. The van der Waals surface area contributed by atoms with Gasteiger partial charge in [-0.05, 0) is 30.7 Å². The summed E-state index contributed by atoms with van der Waals surface area (Å²) in [5, 5.41) is 2.19. The number of fused-ring (bicyclic) bond motifs is 1. The standard InChI is InChI=1S/C15H15NO3S2/c1-3-4-5-14-10(2)16-15(21(14,17)18)11-6-7-12-13(8-11)20-9-19-12/h3-8,15-16H,2,9H2,1H3/b4-3-,14-5+. The molecule has 6 heteroatoms. The van der Waals surface area contributed by atoms with E-state index in [4.69, 9.17) is 4.74 Å². The number of thioether (sulfide) groups is 1. The SMILES string of the molecule is C=C1NC(c2ccc3c(c2)SCO3)S(=O)(=O)/C1=C/C=C\C. The van der Waals surface area contributed by atoms with Gasteiger partial charge in [0.15, 0.2) is 5.37 Å². The monoisotopic (exact) mass is 321 g/mol. The van der Waals surface area contributed by atoms with Gasteiger partial charge in [0.2, 0.25) is 9.84 Å². The zero-order valence-electron chi connectivity index (χ0n) is 11.5. The van der Waals surface area contributed by atoms with Crippen molar-refractivity contribution in [3.05, 3.63) is 59.2 Å². The Morgan fingerprint density at radius 2 is 2.29 bits per heavy atom. The van der Waals surface area contributed by atoms with Gasteiger partial charge in [-0.15, -0.1) is 0 Å². The van der Waals surface area contributed by atoms with Gasteiger partial charge in [0.05, 0.1) is 9.80 Å². The number of hydrogen-bond acceptors (Lipinski definition) is 5.